The molecule has 0 bridgehead atoms. The minimum absolute atomic E-state index is 0.273. The highest BCUT2D eigenvalue weighted by Gasteiger charge is 2.21. The van der Waals surface area contributed by atoms with E-state index in [1.807, 2.05) is 23.7 Å². The number of anilines is 2. The van der Waals surface area contributed by atoms with E-state index in [2.05, 4.69) is 10.4 Å². The van der Waals surface area contributed by atoms with Crippen LogP contribution in [-0.4, -0.2) is 20.9 Å². The normalized spacial score (nSPS) is 15.3. The SMILES string of the molecule is Cc1cc(Nc2ccccc2C(=O)O)n(C2CCCC2)n1. The van der Waals surface area contributed by atoms with Gasteiger partial charge in [0.05, 0.1) is 23.0 Å². The third-order valence-electron chi connectivity index (χ3n) is 3.95. The van der Waals surface area contributed by atoms with Gasteiger partial charge in [-0.3, -0.25) is 0 Å². The van der Waals surface area contributed by atoms with Crippen molar-refractivity contribution in [2.75, 3.05) is 5.32 Å². The van der Waals surface area contributed by atoms with Crippen LogP contribution in [0.4, 0.5) is 11.5 Å². The predicted octanol–water partition coefficient (Wildman–Crippen LogP) is 3.75. The van der Waals surface area contributed by atoms with E-state index in [1.54, 1.807) is 18.2 Å². The Morgan fingerprint density at radius 1 is 1.33 bits per heavy atom. The lowest BCUT2D eigenvalue weighted by Crippen LogP contribution is -2.11. The van der Waals surface area contributed by atoms with Crippen molar-refractivity contribution in [3.05, 3.63) is 41.6 Å². The van der Waals surface area contributed by atoms with Crippen LogP contribution in [0.1, 0.15) is 47.8 Å². The Balaban J connectivity index is 1.93. The number of hydrogen-bond acceptors (Lipinski definition) is 3. The van der Waals surface area contributed by atoms with Crippen molar-refractivity contribution >= 4 is 17.5 Å². The number of hydrogen-bond donors (Lipinski definition) is 2. The summed E-state index contributed by atoms with van der Waals surface area (Å²) in [5, 5.41) is 17.1. The maximum Gasteiger partial charge on any atom is 0.337 e. The molecule has 0 unspecified atom stereocenters. The van der Waals surface area contributed by atoms with Gasteiger partial charge < -0.3 is 10.4 Å². The number of carboxylic acid groups (broad SMARTS) is 1. The average molecular weight is 285 g/mol. The van der Waals surface area contributed by atoms with Crippen LogP contribution in [0.2, 0.25) is 0 Å². The van der Waals surface area contributed by atoms with E-state index in [9.17, 15) is 9.90 Å². The first kappa shape index (κ1) is 13.7. The van der Waals surface area contributed by atoms with Crippen molar-refractivity contribution in [1.82, 2.24) is 9.78 Å². The first-order valence-electron chi connectivity index (χ1n) is 7.30. The van der Waals surface area contributed by atoms with Crippen LogP contribution in [0.3, 0.4) is 0 Å². The standard InChI is InChI=1S/C16H19N3O2/c1-11-10-15(19(18-11)12-6-2-3-7-12)17-14-9-5-4-8-13(14)16(20)21/h4-5,8-10,12,17H,2-3,6-7H2,1H3,(H,20,21). The molecule has 1 aliphatic rings. The molecule has 0 aliphatic heterocycles. The fourth-order valence-corrected chi connectivity index (χ4v) is 2.95. The van der Waals surface area contributed by atoms with Gasteiger partial charge in [0.1, 0.15) is 5.82 Å². The van der Waals surface area contributed by atoms with Crippen molar-refractivity contribution in [2.45, 2.75) is 38.6 Å². The molecule has 0 amide bonds. The molecule has 3 rings (SSSR count). The van der Waals surface area contributed by atoms with Gasteiger partial charge in [-0.2, -0.15) is 5.10 Å². The molecular weight excluding hydrogens is 266 g/mol. The number of benzene rings is 1. The summed E-state index contributed by atoms with van der Waals surface area (Å²) in [6, 6.07) is 9.33. The van der Waals surface area contributed by atoms with Crippen LogP contribution >= 0.6 is 0 Å². The van der Waals surface area contributed by atoms with Gasteiger partial charge in [0.2, 0.25) is 0 Å². The summed E-state index contributed by atoms with van der Waals surface area (Å²) in [4.78, 5) is 11.3. The molecule has 0 spiro atoms. The molecule has 21 heavy (non-hydrogen) atoms. The summed E-state index contributed by atoms with van der Waals surface area (Å²) in [5.41, 5.74) is 1.82. The maximum absolute atomic E-state index is 11.3. The van der Waals surface area contributed by atoms with Gasteiger partial charge in [0, 0.05) is 6.07 Å². The van der Waals surface area contributed by atoms with Crippen LogP contribution in [0.5, 0.6) is 0 Å². The van der Waals surface area contributed by atoms with E-state index in [-0.39, 0.29) is 5.56 Å². The van der Waals surface area contributed by atoms with Crippen LogP contribution in [0.15, 0.2) is 30.3 Å². The van der Waals surface area contributed by atoms with Gasteiger partial charge in [-0.15, -0.1) is 0 Å². The van der Waals surface area contributed by atoms with E-state index in [0.717, 1.165) is 24.4 Å². The molecule has 0 saturated heterocycles. The lowest BCUT2D eigenvalue weighted by molar-refractivity contribution is 0.0698. The fraction of sp³-hybridized carbons (Fsp3) is 0.375. The third kappa shape index (κ3) is 2.77. The van der Waals surface area contributed by atoms with Gasteiger partial charge in [0.15, 0.2) is 0 Å². The van der Waals surface area contributed by atoms with Gasteiger partial charge in [-0.25, -0.2) is 9.48 Å². The van der Waals surface area contributed by atoms with Crippen molar-refractivity contribution < 1.29 is 9.90 Å². The van der Waals surface area contributed by atoms with Crippen molar-refractivity contribution in [3.63, 3.8) is 0 Å². The fourth-order valence-electron chi connectivity index (χ4n) is 2.95. The molecule has 2 aromatic rings. The zero-order chi connectivity index (χ0) is 14.8. The molecule has 5 nitrogen and oxygen atoms in total. The smallest absolute Gasteiger partial charge is 0.337 e. The number of aromatic carboxylic acids is 1. The highest BCUT2D eigenvalue weighted by Crippen LogP contribution is 2.33. The summed E-state index contributed by atoms with van der Waals surface area (Å²) >= 11 is 0. The van der Waals surface area contributed by atoms with E-state index in [4.69, 9.17) is 0 Å². The lowest BCUT2D eigenvalue weighted by atomic mass is 10.2. The second kappa shape index (κ2) is 5.60. The summed E-state index contributed by atoms with van der Waals surface area (Å²) in [6.07, 6.45) is 4.73. The average Bonchev–Trinajstić information content (AvgIpc) is 3.08. The second-order valence-corrected chi connectivity index (χ2v) is 5.53. The topological polar surface area (TPSA) is 67.2 Å². The van der Waals surface area contributed by atoms with Crippen LogP contribution < -0.4 is 5.32 Å². The quantitative estimate of drug-likeness (QED) is 0.897. The first-order chi connectivity index (χ1) is 10.1. The summed E-state index contributed by atoms with van der Waals surface area (Å²) in [6.45, 7) is 1.96. The number of aromatic nitrogens is 2. The molecular formula is C16H19N3O2. The number of rotatable bonds is 4. The van der Waals surface area contributed by atoms with Crippen molar-refractivity contribution in [3.8, 4) is 0 Å². The molecule has 1 aromatic heterocycles. The Bertz CT molecular complexity index is 657. The third-order valence-corrected chi connectivity index (χ3v) is 3.95. The van der Waals surface area contributed by atoms with Crippen molar-refractivity contribution in [2.24, 2.45) is 0 Å². The highest BCUT2D eigenvalue weighted by atomic mass is 16.4. The zero-order valence-corrected chi connectivity index (χ0v) is 12.0. The molecule has 1 aromatic carbocycles. The van der Waals surface area contributed by atoms with E-state index in [1.165, 1.54) is 12.8 Å². The molecule has 1 aliphatic carbocycles. The minimum atomic E-state index is -0.929. The van der Waals surface area contributed by atoms with Gasteiger partial charge in [-0.1, -0.05) is 25.0 Å². The molecule has 1 heterocycles. The lowest BCUT2D eigenvalue weighted by Gasteiger charge is -2.16. The summed E-state index contributed by atoms with van der Waals surface area (Å²) in [7, 11) is 0. The summed E-state index contributed by atoms with van der Waals surface area (Å²) < 4.78 is 2.01. The predicted molar refractivity (Wildman–Crippen MR) is 81.2 cm³/mol. The molecule has 0 atom stereocenters. The van der Waals surface area contributed by atoms with Gasteiger partial charge >= 0.3 is 5.97 Å². The Morgan fingerprint density at radius 2 is 2.05 bits per heavy atom. The number of nitrogens with one attached hydrogen (secondary N) is 1. The largest absolute Gasteiger partial charge is 0.478 e. The number of nitrogens with zero attached hydrogens (tertiary/aromatic N) is 2. The maximum atomic E-state index is 11.3. The monoisotopic (exact) mass is 285 g/mol. The molecule has 1 fully saturated rings. The Hall–Kier alpha value is -2.30. The van der Waals surface area contributed by atoms with Crippen LogP contribution in [-0.2, 0) is 0 Å². The van der Waals surface area contributed by atoms with Crippen LogP contribution in [0.25, 0.3) is 0 Å². The second-order valence-electron chi connectivity index (χ2n) is 5.53. The minimum Gasteiger partial charge on any atom is -0.478 e. The first-order valence-corrected chi connectivity index (χ1v) is 7.30. The van der Waals surface area contributed by atoms with Crippen LogP contribution in [0, 0.1) is 6.92 Å². The number of carboxylic acids is 1. The zero-order valence-electron chi connectivity index (χ0n) is 12.0. The number of para-hydroxylation sites is 1. The number of aryl methyl sites for hydroxylation is 1. The van der Waals surface area contributed by atoms with E-state index < -0.39 is 5.97 Å². The number of carbonyl (C=O) groups is 1. The summed E-state index contributed by atoms with van der Waals surface area (Å²) in [5.74, 6) is -0.0603. The molecule has 0 radical (unpaired) electrons. The Labute approximate surface area is 123 Å². The Morgan fingerprint density at radius 3 is 2.76 bits per heavy atom. The molecule has 1 saturated carbocycles. The molecule has 2 N–H and O–H groups in total. The molecule has 5 heteroatoms. The van der Waals surface area contributed by atoms with Gasteiger partial charge in [0.25, 0.3) is 0 Å². The van der Waals surface area contributed by atoms with E-state index >= 15 is 0 Å². The molecule has 110 valence electrons. The van der Waals surface area contributed by atoms with Crippen molar-refractivity contribution in [1.29, 1.82) is 0 Å². The van der Waals surface area contributed by atoms with Gasteiger partial charge in [-0.05, 0) is 31.9 Å². The Kier molecular flexibility index (Phi) is 3.64. The van der Waals surface area contributed by atoms with E-state index in [0.29, 0.717) is 11.7 Å². The highest BCUT2D eigenvalue weighted by molar-refractivity contribution is 5.95.